The van der Waals surface area contributed by atoms with Gasteiger partial charge in [0.05, 0.1) is 6.61 Å². The van der Waals surface area contributed by atoms with E-state index in [-0.39, 0.29) is 0 Å². The van der Waals surface area contributed by atoms with Crippen molar-refractivity contribution in [2.45, 2.75) is 32.3 Å². The van der Waals surface area contributed by atoms with Gasteiger partial charge in [-0.3, -0.25) is 10.1 Å². The van der Waals surface area contributed by atoms with Gasteiger partial charge in [-0.25, -0.2) is 0 Å². The molecule has 0 aliphatic carbocycles. The average molecular weight is 314 g/mol. The van der Waals surface area contributed by atoms with Gasteiger partial charge in [0.2, 0.25) is 6.54 Å². The summed E-state index contributed by atoms with van der Waals surface area (Å²) in [6, 6.07) is 3.28. The number of hydrogen-bond donors (Lipinski definition) is 1. The van der Waals surface area contributed by atoms with E-state index in [0.717, 1.165) is 19.3 Å². The number of rotatable bonds is 7. The van der Waals surface area contributed by atoms with Gasteiger partial charge in [0, 0.05) is 21.0 Å². The third kappa shape index (κ3) is 3.67. The largest absolute Gasteiger partial charge is 0.496 e. The predicted molar refractivity (Wildman–Crippen MR) is 79.8 cm³/mol. The highest BCUT2D eigenvalue weighted by molar-refractivity contribution is 6.63. The molecule has 0 fully saturated rings. The first-order valence-corrected chi connectivity index (χ1v) is 7.32. The summed E-state index contributed by atoms with van der Waals surface area (Å²) in [5.41, 5.74) is 0.861. The lowest BCUT2D eigenvalue weighted by atomic mass is 9.78. The number of halogens is 1. The van der Waals surface area contributed by atoms with Crippen LogP contribution in [0.3, 0.4) is 0 Å². The fraction of sp³-hybridized carbons (Fsp3) is 0.538. The SMILES string of the molecule is CCCCCOc1ccc(Cl)c2c1B(O)OC2C[N+](=O)[O-]. The van der Waals surface area contributed by atoms with Crippen LogP contribution < -0.4 is 10.2 Å². The lowest BCUT2D eigenvalue weighted by molar-refractivity contribution is -0.490. The molecule has 0 saturated carbocycles. The second-order valence-electron chi connectivity index (χ2n) is 4.92. The molecule has 8 heteroatoms. The van der Waals surface area contributed by atoms with E-state index in [1.807, 2.05) is 0 Å². The summed E-state index contributed by atoms with van der Waals surface area (Å²) >= 11 is 6.10. The van der Waals surface area contributed by atoms with E-state index in [1.165, 1.54) is 0 Å². The first kappa shape index (κ1) is 16.1. The molecule has 1 N–H and O–H groups in total. The predicted octanol–water partition coefficient (Wildman–Crippen LogP) is 1.94. The first-order valence-electron chi connectivity index (χ1n) is 6.95. The van der Waals surface area contributed by atoms with Gasteiger partial charge in [-0.2, -0.15) is 0 Å². The van der Waals surface area contributed by atoms with Gasteiger partial charge in [-0.15, -0.1) is 0 Å². The summed E-state index contributed by atoms with van der Waals surface area (Å²) in [5, 5.41) is 21.0. The van der Waals surface area contributed by atoms with E-state index in [0.29, 0.717) is 28.4 Å². The third-order valence-electron chi connectivity index (χ3n) is 3.38. The van der Waals surface area contributed by atoms with Crippen LogP contribution in [-0.2, 0) is 4.65 Å². The molecule has 0 radical (unpaired) electrons. The van der Waals surface area contributed by atoms with Crippen molar-refractivity contribution in [2.24, 2.45) is 0 Å². The van der Waals surface area contributed by atoms with Crippen LogP contribution in [-0.4, -0.2) is 30.2 Å². The second-order valence-corrected chi connectivity index (χ2v) is 5.33. The van der Waals surface area contributed by atoms with Crippen LogP contribution in [0, 0.1) is 10.1 Å². The molecule has 1 aliphatic rings. The Morgan fingerprint density at radius 3 is 2.95 bits per heavy atom. The zero-order valence-electron chi connectivity index (χ0n) is 11.8. The summed E-state index contributed by atoms with van der Waals surface area (Å²) < 4.78 is 10.9. The average Bonchev–Trinajstić information content (AvgIpc) is 2.74. The van der Waals surface area contributed by atoms with Gasteiger partial charge >= 0.3 is 7.12 Å². The molecule has 0 amide bonds. The van der Waals surface area contributed by atoms with E-state index in [1.54, 1.807) is 12.1 Å². The van der Waals surface area contributed by atoms with Crippen LogP contribution in [0.4, 0.5) is 0 Å². The minimum atomic E-state index is -1.25. The van der Waals surface area contributed by atoms with Crippen LogP contribution in [0.2, 0.25) is 5.02 Å². The van der Waals surface area contributed by atoms with Crippen LogP contribution in [0.1, 0.15) is 37.9 Å². The molecule has 0 spiro atoms. The maximum atomic E-state index is 10.7. The molecule has 0 bridgehead atoms. The Morgan fingerprint density at radius 1 is 1.52 bits per heavy atom. The second kappa shape index (κ2) is 7.11. The molecule has 1 aromatic carbocycles. The van der Waals surface area contributed by atoms with Gasteiger partial charge in [-0.1, -0.05) is 31.4 Å². The maximum Gasteiger partial charge on any atom is 0.496 e. The molecule has 0 saturated heterocycles. The molecule has 6 nitrogen and oxygen atoms in total. The van der Waals surface area contributed by atoms with Crippen LogP contribution in [0.25, 0.3) is 0 Å². The summed E-state index contributed by atoms with van der Waals surface area (Å²) in [6.07, 6.45) is 2.19. The van der Waals surface area contributed by atoms with Crippen molar-refractivity contribution in [1.82, 2.24) is 0 Å². The number of ether oxygens (including phenoxy) is 1. The number of nitrogens with zero attached hydrogens (tertiary/aromatic N) is 1. The van der Waals surface area contributed by atoms with Gasteiger partial charge < -0.3 is 14.4 Å². The minimum Gasteiger partial charge on any atom is -0.494 e. The third-order valence-corrected chi connectivity index (χ3v) is 3.71. The van der Waals surface area contributed by atoms with Crippen LogP contribution in [0.5, 0.6) is 5.75 Å². The monoisotopic (exact) mass is 313 g/mol. The molecule has 1 heterocycles. The molecule has 1 unspecified atom stereocenters. The van der Waals surface area contributed by atoms with Crippen molar-refractivity contribution in [3.05, 3.63) is 32.8 Å². The number of fused-ring (bicyclic) bond motifs is 1. The lowest BCUT2D eigenvalue weighted by Crippen LogP contribution is -2.30. The summed E-state index contributed by atoms with van der Waals surface area (Å²) in [6.45, 7) is 2.18. The molecule has 114 valence electrons. The zero-order chi connectivity index (χ0) is 15.4. The van der Waals surface area contributed by atoms with Gasteiger partial charge in [0.15, 0.2) is 0 Å². The van der Waals surface area contributed by atoms with E-state index >= 15 is 0 Å². The molecular weight excluding hydrogens is 296 g/mol. The van der Waals surface area contributed by atoms with E-state index in [4.69, 9.17) is 21.0 Å². The Balaban J connectivity index is 2.22. The van der Waals surface area contributed by atoms with Crippen LogP contribution in [0.15, 0.2) is 12.1 Å². The number of hydrogen-bond acceptors (Lipinski definition) is 5. The van der Waals surface area contributed by atoms with Gasteiger partial charge in [0.25, 0.3) is 0 Å². The van der Waals surface area contributed by atoms with Crippen molar-refractivity contribution in [3.8, 4) is 5.75 Å². The Kier molecular flexibility index (Phi) is 5.44. The Hall–Kier alpha value is -1.31. The smallest absolute Gasteiger partial charge is 0.494 e. The molecule has 1 aliphatic heterocycles. The van der Waals surface area contributed by atoms with Crippen molar-refractivity contribution >= 4 is 24.2 Å². The Morgan fingerprint density at radius 2 is 2.29 bits per heavy atom. The molecule has 21 heavy (non-hydrogen) atoms. The highest BCUT2D eigenvalue weighted by Crippen LogP contribution is 2.33. The Bertz CT molecular complexity index is 528. The first-order chi connectivity index (χ1) is 10.0. The molecule has 1 aromatic rings. The van der Waals surface area contributed by atoms with Gasteiger partial charge in [0.1, 0.15) is 11.9 Å². The highest BCUT2D eigenvalue weighted by atomic mass is 35.5. The number of nitro groups is 1. The maximum absolute atomic E-state index is 10.7. The minimum absolute atomic E-state index is 0.342. The Labute approximate surface area is 128 Å². The van der Waals surface area contributed by atoms with Crippen molar-refractivity contribution in [3.63, 3.8) is 0 Å². The normalized spacial score (nSPS) is 16.9. The van der Waals surface area contributed by atoms with Crippen LogP contribution >= 0.6 is 11.6 Å². The van der Waals surface area contributed by atoms with E-state index < -0.39 is 24.7 Å². The van der Waals surface area contributed by atoms with Crippen molar-refractivity contribution in [1.29, 1.82) is 0 Å². The van der Waals surface area contributed by atoms with E-state index in [2.05, 4.69) is 6.92 Å². The standard InChI is InChI=1S/C13H17BClNO5/c1-2-3-4-7-20-10-6-5-9(15)12-11(8-16(18)19)21-14(17)13(10)12/h5-6,11,17H,2-4,7-8H2,1H3. The molecule has 0 aromatic heterocycles. The number of unbranched alkanes of at least 4 members (excludes halogenated alkanes) is 2. The van der Waals surface area contributed by atoms with Gasteiger partial charge in [-0.05, 0) is 18.6 Å². The fourth-order valence-electron chi connectivity index (χ4n) is 2.39. The number of benzene rings is 1. The topological polar surface area (TPSA) is 81.8 Å². The van der Waals surface area contributed by atoms with Crippen molar-refractivity contribution < 1.29 is 19.3 Å². The summed E-state index contributed by atoms with van der Waals surface area (Å²) in [5.74, 6) is 0.476. The summed E-state index contributed by atoms with van der Waals surface area (Å²) in [7, 11) is -1.25. The highest BCUT2D eigenvalue weighted by Gasteiger charge is 2.41. The quantitative estimate of drug-likeness (QED) is 0.360. The summed E-state index contributed by atoms with van der Waals surface area (Å²) in [4.78, 5) is 10.2. The lowest BCUT2D eigenvalue weighted by Gasteiger charge is -2.12. The van der Waals surface area contributed by atoms with E-state index in [9.17, 15) is 15.1 Å². The molecule has 2 rings (SSSR count). The molecule has 1 atom stereocenters. The fourth-order valence-corrected chi connectivity index (χ4v) is 2.68. The zero-order valence-corrected chi connectivity index (χ0v) is 12.5. The van der Waals surface area contributed by atoms with Crippen molar-refractivity contribution in [2.75, 3.05) is 13.2 Å². The molecular formula is C13H17BClNO5.